The molecule has 1 fully saturated rings. The van der Waals surface area contributed by atoms with Gasteiger partial charge in [-0.05, 0) is 48.3 Å². The van der Waals surface area contributed by atoms with Crippen molar-refractivity contribution in [1.82, 2.24) is 4.90 Å². The zero-order valence-electron chi connectivity index (χ0n) is 12.0. The van der Waals surface area contributed by atoms with Crippen molar-refractivity contribution in [3.05, 3.63) is 32.8 Å². The smallest absolute Gasteiger partial charge is 0.271 e. The number of non-ortho nitro benzene ring substituents is 1. The lowest BCUT2D eigenvalue weighted by Crippen LogP contribution is -2.48. The standard InChI is InChI=1S/C14H20BrN3O2/c1-9-8-17(3)10(2)6-13(9)16-14-7-11(18(19)20)4-5-12(14)15/h4-5,7,9-10,13,16H,6,8H2,1-3H3. The fourth-order valence-corrected chi connectivity index (χ4v) is 3.04. The quantitative estimate of drug-likeness (QED) is 0.675. The number of rotatable bonds is 3. The highest BCUT2D eigenvalue weighted by atomic mass is 79.9. The molecular formula is C14H20BrN3O2. The van der Waals surface area contributed by atoms with Gasteiger partial charge in [0.2, 0.25) is 0 Å². The van der Waals surface area contributed by atoms with Crippen LogP contribution in [0.4, 0.5) is 11.4 Å². The molecule has 0 aliphatic carbocycles. The van der Waals surface area contributed by atoms with Gasteiger partial charge < -0.3 is 10.2 Å². The minimum Gasteiger partial charge on any atom is -0.381 e. The molecule has 0 radical (unpaired) electrons. The first kappa shape index (κ1) is 15.3. The van der Waals surface area contributed by atoms with E-state index in [2.05, 4.69) is 47.0 Å². The molecule has 1 heterocycles. The van der Waals surface area contributed by atoms with Gasteiger partial charge in [0, 0.05) is 35.2 Å². The van der Waals surface area contributed by atoms with Crippen LogP contribution in [0.25, 0.3) is 0 Å². The van der Waals surface area contributed by atoms with Crippen LogP contribution in [-0.4, -0.2) is 35.5 Å². The Bertz CT molecular complexity index is 509. The molecule has 110 valence electrons. The van der Waals surface area contributed by atoms with Gasteiger partial charge in [-0.3, -0.25) is 10.1 Å². The number of piperidine rings is 1. The number of hydrogen-bond acceptors (Lipinski definition) is 4. The Kier molecular flexibility index (Phi) is 4.65. The molecule has 0 aromatic heterocycles. The molecule has 0 bridgehead atoms. The fourth-order valence-electron chi connectivity index (χ4n) is 2.68. The zero-order chi connectivity index (χ0) is 14.9. The summed E-state index contributed by atoms with van der Waals surface area (Å²) < 4.78 is 0.863. The Morgan fingerprint density at radius 3 is 2.80 bits per heavy atom. The largest absolute Gasteiger partial charge is 0.381 e. The Hall–Kier alpha value is -1.14. The number of nitrogens with one attached hydrogen (secondary N) is 1. The summed E-state index contributed by atoms with van der Waals surface area (Å²) in [6.07, 6.45) is 1.03. The maximum atomic E-state index is 10.9. The molecule has 1 aliphatic heterocycles. The molecule has 1 aromatic rings. The van der Waals surface area contributed by atoms with Crippen LogP contribution >= 0.6 is 15.9 Å². The minimum absolute atomic E-state index is 0.115. The maximum absolute atomic E-state index is 10.9. The third-order valence-corrected chi connectivity index (χ3v) is 4.80. The number of hydrogen-bond donors (Lipinski definition) is 1. The van der Waals surface area contributed by atoms with Crippen LogP contribution in [0.15, 0.2) is 22.7 Å². The minimum atomic E-state index is -0.363. The molecule has 0 amide bonds. The third kappa shape index (κ3) is 3.30. The molecule has 3 atom stereocenters. The predicted octanol–water partition coefficient (Wildman–Crippen LogP) is 3.50. The van der Waals surface area contributed by atoms with E-state index >= 15 is 0 Å². The third-order valence-electron chi connectivity index (χ3n) is 4.11. The second-order valence-corrected chi connectivity index (χ2v) is 6.53. The van der Waals surface area contributed by atoms with E-state index in [0.717, 1.165) is 23.1 Å². The number of halogens is 1. The number of benzene rings is 1. The van der Waals surface area contributed by atoms with Crippen LogP contribution in [-0.2, 0) is 0 Å². The Morgan fingerprint density at radius 2 is 2.15 bits per heavy atom. The average Bonchev–Trinajstić information content (AvgIpc) is 2.38. The molecule has 6 heteroatoms. The van der Waals surface area contributed by atoms with E-state index < -0.39 is 0 Å². The molecule has 2 rings (SSSR count). The average molecular weight is 342 g/mol. The molecule has 1 N–H and O–H groups in total. The Morgan fingerprint density at radius 1 is 1.45 bits per heavy atom. The maximum Gasteiger partial charge on any atom is 0.271 e. The van der Waals surface area contributed by atoms with E-state index in [9.17, 15) is 10.1 Å². The molecule has 1 saturated heterocycles. The summed E-state index contributed by atoms with van der Waals surface area (Å²) in [4.78, 5) is 12.9. The first-order valence-corrected chi connectivity index (χ1v) is 7.58. The number of likely N-dealkylation sites (tertiary alicyclic amines) is 1. The second-order valence-electron chi connectivity index (χ2n) is 5.67. The van der Waals surface area contributed by atoms with E-state index in [-0.39, 0.29) is 10.6 Å². The van der Waals surface area contributed by atoms with Gasteiger partial charge in [0.05, 0.1) is 10.6 Å². The summed E-state index contributed by atoms with van der Waals surface area (Å²) in [7, 11) is 2.14. The molecular weight excluding hydrogens is 322 g/mol. The van der Waals surface area contributed by atoms with E-state index in [1.165, 1.54) is 6.07 Å². The molecule has 3 unspecified atom stereocenters. The highest BCUT2D eigenvalue weighted by molar-refractivity contribution is 9.10. The summed E-state index contributed by atoms with van der Waals surface area (Å²) in [5, 5.41) is 14.3. The van der Waals surface area contributed by atoms with E-state index in [1.807, 2.05) is 0 Å². The lowest BCUT2D eigenvalue weighted by Gasteiger charge is -2.40. The van der Waals surface area contributed by atoms with E-state index in [4.69, 9.17) is 0 Å². The predicted molar refractivity (Wildman–Crippen MR) is 84.1 cm³/mol. The molecule has 1 aliphatic rings. The highest BCUT2D eigenvalue weighted by Crippen LogP contribution is 2.31. The summed E-state index contributed by atoms with van der Waals surface area (Å²) in [5.74, 6) is 0.502. The fraction of sp³-hybridized carbons (Fsp3) is 0.571. The van der Waals surface area contributed by atoms with E-state index in [0.29, 0.717) is 18.0 Å². The number of anilines is 1. The topological polar surface area (TPSA) is 58.4 Å². The van der Waals surface area contributed by atoms with Gasteiger partial charge in [-0.25, -0.2) is 0 Å². The summed E-state index contributed by atoms with van der Waals surface area (Å²) in [6.45, 7) is 5.46. The van der Waals surface area contributed by atoms with Crippen LogP contribution in [0, 0.1) is 16.0 Å². The lowest BCUT2D eigenvalue weighted by atomic mass is 9.89. The monoisotopic (exact) mass is 341 g/mol. The zero-order valence-corrected chi connectivity index (χ0v) is 13.6. The van der Waals surface area contributed by atoms with Gasteiger partial charge in [0.25, 0.3) is 5.69 Å². The van der Waals surface area contributed by atoms with E-state index in [1.54, 1.807) is 12.1 Å². The SMILES string of the molecule is CC1CN(C)C(C)CC1Nc1cc([N+](=O)[O-])ccc1Br. The van der Waals surface area contributed by atoms with Crippen molar-refractivity contribution in [2.75, 3.05) is 18.9 Å². The first-order valence-electron chi connectivity index (χ1n) is 6.79. The van der Waals surface area contributed by atoms with Crippen LogP contribution < -0.4 is 5.32 Å². The van der Waals surface area contributed by atoms with Gasteiger partial charge in [-0.1, -0.05) is 6.92 Å². The van der Waals surface area contributed by atoms with Crippen LogP contribution in [0.1, 0.15) is 20.3 Å². The van der Waals surface area contributed by atoms with Crippen molar-refractivity contribution in [3.8, 4) is 0 Å². The highest BCUT2D eigenvalue weighted by Gasteiger charge is 2.29. The second kappa shape index (κ2) is 6.10. The van der Waals surface area contributed by atoms with Crippen molar-refractivity contribution in [1.29, 1.82) is 0 Å². The van der Waals surface area contributed by atoms with Crippen molar-refractivity contribution in [3.63, 3.8) is 0 Å². The molecule has 0 saturated carbocycles. The van der Waals surface area contributed by atoms with Crippen LogP contribution in [0.3, 0.4) is 0 Å². The van der Waals surface area contributed by atoms with Gasteiger partial charge in [0.1, 0.15) is 0 Å². The molecule has 0 spiro atoms. The van der Waals surface area contributed by atoms with Gasteiger partial charge in [-0.15, -0.1) is 0 Å². The summed E-state index contributed by atoms with van der Waals surface area (Å²) >= 11 is 3.46. The van der Waals surface area contributed by atoms with Gasteiger partial charge >= 0.3 is 0 Å². The number of nitro groups is 1. The normalized spacial score (nSPS) is 27.3. The molecule has 20 heavy (non-hydrogen) atoms. The van der Waals surface area contributed by atoms with Gasteiger partial charge in [0.15, 0.2) is 0 Å². The van der Waals surface area contributed by atoms with Crippen LogP contribution in [0.5, 0.6) is 0 Å². The van der Waals surface area contributed by atoms with Crippen molar-refractivity contribution in [2.24, 2.45) is 5.92 Å². The number of nitro benzene ring substituents is 1. The Labute approximate surface area is 127 Å². The summed E-state index contributed by atoms with van der Waals surface area (Å²) in [5.41, 5.74) is 0.914. The van der Waals surface area contributed by atoms with Crippen molar-refractivity contribution < 1.29 is 4.92 Å². The Balaban J connectivity index is 2.17. The lowest BCUT2D eigenvalue weighted by molar-refractivity contribution is -0.384. The first-order chi connectivity index (χ1) is 9.38. The van der Waals surface area contributed by atoms with Crippen molar-refractivity contribution in [2.45, 2.75) is 32.4 Å². The number of nitrogens with zero attached hydrogens (tertiary/aromatic N) is 2. The molecule has 5 nitrogen and oxygen atoms in total. The molecule has 1 aromatic carbocycles. The van der Waals surface area contributed by atoms with Gasteiger partial charge in [-0.2, -0.15) is 0 Å². The summed E-state index contributed by atoms with van der Waals surface area (Å²) in [6, 6.07) is 5.68. The van der Waals surface area contributed by atoms with Crippen molar-refractivity contribution >= 4 is 27.3 Å². The van der Waals surface area contributed by atoms with Crippen LogP contribution in [0.2, 0.25) is 0 Å².